The van der Waals surface area contributed by atoms with Gasteiger partial charge in [0.2, 0.25) is 5.91 Å². The summed E-state index contributed by atoms with van der Waals surface area (Å²) in [5, 5.41) is 3.22. The van der Waals surface area contributed by atoms with Crippen molar-refractivity contribution in [2.24, 2.45) is 0 Å². The van der Waals surface area contributed by atoms with E-state index in [2.05, 4.69) is 10.2 Å². The maximum absolute atomic E-state index is 12.3. The maximum Gasteiger partial charge on any atom is 0.236 e. The third-order valence-corrected chi connectivity index (χ3v) is 3.93. The SMILES string of the molecule is CNCC1CCCCN1CC(=O)N(C)Cc1ccco1. The third kappa shape index (κ3) is 4.08. The summed E-state index contributed by atoms with van der Waals surface area (Å²) in [6.07, 6.45) is 5.27. The summed E-state index contributed by atoms with van der Waals surface area (Å²) in [6.45, 7) is 3.02. The number of carbonyl (C=O) groups is 1. The molecular weight excluding hydrogens is 254 g/mol. The Balaban J connectivity index is 1.85. The molecule has 0 aromatic carbocycles. The van der Waals surface area contributed by atoms with E-state index in [1.165, 1.54) is 19.3 Å². The van der Waals surface area contributed by atoms with Gasteiger partial charge in [-0.3, -0.25) is 9.69 Å². The minimum Gasteiger partial charge on any atom is -0.467 e. The highest BCUT2D eigenvalue weighted by molar-refractivity contribution is 5.78. The molecule has 2 heterocycles. The van der Waals surface area contributed by atoms with Crippen molar-refractivity contribution in [3.8, 4) is 0 Å². The lowest BCUT2D eigenvalue weighted by molar-refractivity contribution is -0.132. The van der Waals surface area contributed by atoms with Crippen LogP contribution in [0, 0.1) is 0 Å². The Morgan fingerprint density at radius 1 is 1.55 bits per heavy atom. The molecule has 20 heavy (non-hydrogen) atoms. The van der Waals surface area contributed by atoms with E-state index in [4.69, 9.17) is 4.42 Å². The molecule has 5 heteroatoms. The van der Waals surface area contributed by atoms with Gasteiger partial charge >= 0.3 is 0 Å². The number of rotatable bonds is 6. The van der Waals surface area contributed by atoms with Gasteiger partial charge in [0.25, 0.3) is 0 Å². The highest BCUT2D eigenvalue weighted by Gasteiger charge is 2.24. The number of nitrogens with zero attached hydrogens (tertiary/aromatic N) is 2. The second kappa shape index (κ2) is 7.45. The van der Waals surface area contributed by atoms with Crippen molar-refractivity contribution in [1.82, 2.24) is 15.1 Å². The van der Waals surface area contributed by atoms with Crippen LogP contribution in [-0.2, 0) is 11.3 Å². The molecule has 0 spiro atoms. The minimum absolute atomic E-state index is 0.157. The fourth-order valence-corrected chi connectivity index (χ4v) is 2.75. The zero-order valence-electron chi connectivity index (χ0n) is 12.5. The Kier molecular flexibility index (Phi) is 5.61. The van der Waals surface area contributed by atoms with E-state index in [0.717, 1.165) is 18.8 Å². The fourth-order valence-electron chi connectivity index (χ4n) is 2.75. The number of piperidine rings is 1. The average Bonchev–Trinajstić information content (AvgIpc) is 2.94. The van der Waals surface area contributed by atoms with E-state index in [0.29, 0.717) is 19.1 Å². The Morgan fingerprint density at radius 2 is 2.40 bits per heavy atom. The number of likely N-dealkylation sites (N-methyl/N-ethyl adjacent to an activating group) is 2. The van der Waals surface area contributed by atoms with Crippen LogP contribution in [0.3, 0.4) is 0 Å². The van der Waals surface area contributed by atoms with Crippen LogP contribution in [0.15, 0.2) is 22.8 Å². The highest BCUT2D eigenvalue weighted by atomic mass is 16.3. The highest BCUT2D eigenvalue weighted by Crippen LogP contribution is 2.16. The van der Waals surface area contributed by atoms with Crippen LogP contribution < -0.4 is 5.32 Å². The second-order valence-corrected chi connectivity index (χ2v) is 5.51. The number of likely N-dealkylation sites (tertiary alicyclic amines) is 1. The molecule has 1 aromatic heterocycles. The van der Waals surface area contributed by atoms with E-state index in [1.54, 1.807) is 11.2 Å². The summed E-state index contributed by atoms with van der Waals surface area (Å²) in [4.78, 5) is 16.4. The summed E-state index contributed by atoms with van der Waals surface area (Å²) >= 11 is 0. The molecule has 1 aromatic rings. The molecule has 1 fully saturated rings. The van der Waals surface area contributed by atoms with Crippen molar-refractivity contribution in [3.63, 3.8) is 0 Å². The normalized spacial score (nSPS) is 20.0. The molecule has 0 radical (unpaired) electrons. The van der Waals surface area contributed by atoms with E-state index in [1.807, 2.05) is 26.2 Å². The molecule has 1 amide bonds. The Bertz CT molecular complexity index is 403. The lowest BCUT2D eigenvalue weighted by Gasteiger charge is -2.35. The molecule has 0 aliphatic carbocycles. The predicted octanol–water partition coefficient (Wildman–Crippen LogP) is 1.31. The first-order valence-corrected chi connectivity index (χ1v) is 7.35. The van der Waals surface area contributed by atoms with Gasteiger partial charge < -0.3 is 14.6 Å². The number of nitrogens with one attached hydrogen (secondary N) is 1. The first-order chi connectivity index (χ1) is 9.70. The van der Waals surface area contributed by atoms with Crippen molar-refractivity contribution in [3.05, 3.63) is 24.2 Å². The van der Waals surface area contributed by atoms with Gasteiger partial charge in [-0.1, -0.05) is 6.42 Å². The zero-order chi connectivity index (χ0) is 14.4. The molecule has 112 valence electrons. The Morgan fingerprint density at radius 3 is 3.10 bits per heavy atom. The predicted molar refractivity (Wildman–Crippen MR) is 78.3 cm³/mol. The van der Waals surface area contributed by atoms with E-state index >= 15 is 0 Å². The number of hydrogen-bond acceptors (Lipinski definition) is 4. The van der Waals surface area contributed by atoms with Crippen LogP contribution in [0.1, 0.15) is 25.0 Å². The van der Waals surface area contributed by atoms with Crippen molar-refractivity contribution in [1.29, 1.82) is 0 Å². The number of carbonyl (C=O) groups excluding carboxylic acids is 1. The van der Waals surface area contributed by atoms with Gasteiger partial charge in [-0.25, -0.2) is 0 Å². The van der Waals surface area contributed by atoms with Gasteiger partial charge in [-0.15, -0.1) is 0 Å². The fraction of sp³-hybridized carbons (Fsp3) is 0.667. The lowest BCUT2D eigenvalue weighted by atomic mass is 10.0. The van der Waals surface area contributed by atoms with Crippen LogP contribution in [-0.4, -0.2) is 55.5 Å². The zero-order valence-corrected chi connectivity index (χ0v) is 12.5. The summed E-state index contributed by atoms with van der Waals surface area (Å²) < 4.78 is 5.29. The molecule has 0 saturated carbocycles. The van der Waals surface area contributed by atoms with Gasteiger partial charge in [0, 0.05) is 19.6 Å². The standard InChI is InChI=1S/C15H25N3O2/c1-16-10-13-6-3-4-8-18(13)12-15(19)17(2)11-14-7-5-9-20-14/h5,7,9,13,16H,3-4,6,8,10-12H2,1-2H3. The Hall–Kier alpha value is -1.33. The first kappa shape index (κ1) is 15.1. The number of amides is 1. The van der Waals surface area contributed by atoms with Crippen LogP contribution >= 0.6 is 0 Å². The summed E-state index contributed by atoms with van der Waals surface area (Å²) in [5.74, 6) is 0.982. The summed E-state index contributed by atoms with van der Waals surface area (Å²) in [5.41, 5.74) is 0. The van der Waals surface area contributed by atoms with Crippen molar-refractivity contribution in [2.45, 2.75) is 31.8 Å². The first-order valence-electron chi connectivity index (χ1n) is 7.35. The maximum atomic E-state index is 12.3. The van der Waals surface area contributed by atoms with Gasteiger partial charge in [-0.2, -0.15) is 0 Å². The quantitative estimate of drug-likeness (QED) is 0.853. The second-order valence-electron chi connectivity index (χ2n) is 5.51. The van der Waals surface area contributed by atoms with Crippen molar-refractivity contribution in [2.75, 3.05) is 33.7 Å². The molecule has 1 N–H and O–H groups in total. The summed E-state index contributed by atoms with van der Waals surface area (Å²) in [7, 11) is 3.81. The summed E-state index contributed by atoms with van der Waals surface area (Å²) in [6, 6.07) is 4.23. The van der Waals surface area contributed by atoms with Crippen molar-refractivity contribution >= 4 is 5.91 Å². The molecule has 0 bridgehead atoms. The van der Waals surface area contributed by atoms with Crippen molar-refractivity contribution < 1.29 is 9.21 Å². The van der Waals surface area contributed by atoms with Gasteiger partial charge in [0.05, 0.1) is 19.4 Å². The van der Waals surface area contributed by atoms with E-state index in [-0.39, 0.29) is 5.91 Å². The molecular formula is C15H25N3O2. The number of furan rings is 1. The molecule has 5 nitrogen and oxygen atoms in total. The molecule has 1 aliphatic rings. The van der Waals surface area contributed by atoms with Crippen LogP contribution in [0.25, 0.3) is 0 Å². The average molecular weight is 279 g/mol. The largest absolute Gasteiger partial charge is 0.467 e. The molecule has 1 saturated heterocycles. The third-order valence-electron chi connectivity index (χ3n) is 3.93. The monoisotopic (exact) mass is 279 g/mol. The van der Waals surface area contributed by atoms with Gasteiger partial charge in [0.15, 0.2) is 0 Å². The van der Waals surface area contributed by atoms with E-state index in [9.17, 15) is 4.79 Å². The molecule has 1 aliphatic heterocycles. The van der Waals surface area contributed by atoms with Gasteiger partial charge in [-0.05, 0) is 38.6 Å². The van der Waals surface area contributed by atoms with Crippen LogP contribution in [0.4, 0.5) is 0 Å². The van der Waals surface area contributed by atoms with Crippen LogP contribution in [0.5, 0.6) is 0 Å². The number of hydrogen-bond donors (Lipinski definition) is 1. The Labute approximate surface area is 120 Å². The minimum atomic E-state index is 0.157. The van der Waals surface area contributed by atoms with Gasteiger partial charge in [0.1, 0.15) is 5.76 Å². The van der Waals surface area contributed by atoms with Crippen LogP contribution in [0.2, 0.25) is 0 Å². The van der Waals surface area contributed by atoms with E-state index < -0.39 is 0 Å². The topological polar surface area (TPSA) is 48.7 Å². The molecule has 1 unspecified atom stereocenters. The lowest BCUT2D eigenvalue weighted by Crippen LogP contribution is -2.49. The smallest absolute Gasteiger partial charge is 0.236 e. The molecule has 1 atom stereocenters. The molecule has 2 rings (SSSR count).